The first-order valence-electron chi connectivity index (χ1n) is 8.00. The van der Waals surface area contributed by atoms with Gasteiger partial charge >= 0.3 is 0 Å². The first-order chi connectivity index (χ1) is 12.0. The third kappa shape index (κ3) is 3.03. The summed E-state index contributed by atoms with van der Waals surface area (Å²) >= 11 is 7.43. The number of halogens is 1. The summed E-state index contributed by atoms with van der Waals surface area (Å²) in [6.07, 6.45) is 2.20. The Hall–Kier alpha value is -1.96. The van der Waals surface area contributed by atoms with Gasteiger partial charge in [0.15, 0.2) is 5.13 Å². The van der Waals surface area contributed by atoms with E-state index in [4.69, 9.17) is 16.3 Å². The number of carbonyl (C=O) groups is 1. The zero-order chi connectivity index (χ0) is 17.6. The van der Waals surface area contributed by atoms with E-state index in [1.54, 1.807) is 16.9 Å². The molecular formula is C17H17ClN4O2S. The molecular weight excluding hydrogens is 360 g/mol. The topological polar surface area (TPSA) is 69.0 Å². The molecule has 1 fully saturated rings. The lowest BCUT2D eigenvalue weighted by atomic mass is 9.95. The molecule has 1 N–H and O–H groups in total. The Morgan fingerprint density at radius 1 is 1.48 bits per heavy atom. The molecule has 0 aliphatic carbocycles. The van der Waals surface area contributed by atoms with Gasteiger partial charge in [-0.05, 0) is 31.5 Å². The van der Waals surface area contributed by atoms with Crippen molar-refractivity contribution in [2.75, 3.05) is 11.9 Å². The predicted molar refractivity (Wildman–Crippen MR) is 98.0 cm³/mol. The number of aryl methyl sites for hydroxylation is 1. The number of thiazole rings is 1. The molecule has 0 bridgehead atoms. The minimum Gasteiger partial charge on any atom is -0.373 e. The highest BCUT2D eigenvalue weighted by Gasteiger charge is 2.37. The Balaban J connectivity index is 1.55. The molecule has 1 aliphatic heterocycles. The maximum absolute atomic E-state index is 12.8. The number of hydrogen-bond acceptors (Lipinski definition) is 5. The molecule has 0 spiro atoms. The Bertz CT molecular complexity index is 951. The molecule has 0 radical (unpaired) electrons. The predicted octanol–water partition coefficient (Wildman–Crippen LogP) is 3.71. The van der Waals surface area contributed by atoms with Crippen LogP contribution in [0.1, 0.15) is 23.8 Å². The zero-order valence-electron chi connectivity index (χ0n) is 13.8. The van der Waals surface area contributed by atoms with E-state index in [9.17, 15) is 4.79 Å². The average molecular weight is 377 g/mol. The zero-order valence-corrected chi connectivity index (χ0v) is 15.4. The van der Waals surface area contributed by atoms with Crippen molar-refractivity contribution < 1.29 is 9.53 Å². The van der Waals surface area contributed by atoms with Crippen molar-refractivity contribution in [3.05, 3.63) is 40.7 Å². The van der Waals surface area contributed by atoms with Crippen molar-refractivity contribution in [3.63, 3.8) is 0 Å². The fraction of sp³-hybridized carbons (Fsp3) is 0.353. The van der Waals surface area contributed by atoms with Gasteiger partial charge in [-0.2, -0.15) is 5.10 Å². The highest BCUT2D eigenvalue weighted by atomic mass is 35.5. The fourth-order valence-electron chi connectivity index (χ4n) is 3.11. The van der Waals surface area contributed by atoms with Crippen molar-refractivity contribution in [2.45, 2.75) is 19.4 Å². The van der Waals surface area contributed by atoms with Gasteiger partial charge in [-0.1, -0.05) is 22.9 Å². The van der Waals surface area contributed by atoms with Crippen LogP contribution in [0.25, 0.3) is 10.2 Å². The first-order valence-corrected chi connectivity index (χ1v) is 9.19. The largest absolute Gasteiger partial charge is 0.373 e. The van der Waals surface area contributed by atoms with E-state index in [0.29, 0.717) is 23.2 Å². The summed E-state index contributed by atoms with van der Waals surface area (Å²) in [5.74, 6) is -0.325. The number of rotatable bonds is 3. The van der Waals surface area contributed by atoms with Crippen molar-refractivity contribution >= 4 is 44.2 Å². The number of benzene rings is 1. The minimum atomic E-state index is -0.266. The Labute approximate surface area is 153 Å². The highest BCUT2D eigenvalue weighted by molar-refractivity contribution is 7.22. The molecule has 6 nitrogen and oxygen atoms in total. The second-order valence-corrected chi connectivity index (χ2v) is 7.58. The maximum atomic E-state index is 12.8. The summed E-state index contributed by atoms with van der Waals surface area (Å²) in [5.41, 5.74) is 2.81. The summed E-state index contributed by atoms with van der Waals surface area (Å²) < 4.78 is 8.57. The van der Waals surface area contributed by atoms with E-state index in [1.165, 1.54) is 11.3 Å². The molecule has 0 saturated carbocycles. The molecule has 1 saturated heterocycles. The molecule has 130 valence electrons. The molecule has 25 heavy (non-hydrogen) atoms. The van der Waals surface area contributed by atoms with Gasteiger partial charge in [0.05, 0.1) is 28.4 Å². The second kappa shape index (κ2) is 6.40. The number of anilines is 1. The van der Waals surface area contributed by atoms with Crippen LogP contribution in [-0.2, 0) is 16.6 Å². The van der Waals surface area contributed by atoms with Crippen LogP contribution < -0.4 is 5.32 Å². The molecule has 3 aromatic rings. The number of nitrogens with one attached hydrogen (secondary N) is 1. The monoisotopic (exact) mass is 376 g/mol. The van der Waals surface area contributed by atoms with Gasteiger partial charge in [-0.25, -0.2) is 4.98 Å². The van der Waals surface area contributed by atoms with Crippen LogP contribution >= 0.6 is 22.9 Å². The average Bonchev–Trinajstić information content (AvgIpc) is 3.27. The smallest absolute Gasteiger partial charge is 0.232 e. The number of nitrogens with zero attached hydrogens (tertiary/aromatic N) is 3. The van der Waals surface area contributed by atoms with Gasteiger partial charge in [0.2, 0.25) is 5.91 Å². The minimum absolute atomic E-state index is 0.0732. The van der Waals surface area contributed by atoms with Crippen LogP contribution in [0.2, 0.25) is 5.02 Å². The number of carbonyl (C=O) groups excluding carboxylic acids is 1. The lowest BCUT2D eigenvalue weighted by Crippen LogP contribution is -2.25. The van der Waals surface area contributed by atoms with Crippen LogP contribution in [0.4, 0.5) is 5.13 Å². The van der Waals surface area contributed by atoms with E-state index in [0.717, 1.165) is 21.5 Å². The molecule has 8 heteroatoms. The maximum Gasteiger partial charge on any atom is 0.232 e. The lowest BCUT2D eigenvalue weighted by molar-refractivity contribution is -0.121. The summed E-state index contributed by atoms with van der Waals surface area (Å²) in [6, 6.07) is 5.50. The molecule has 0 unspecified atom stereocenters. The summed E-state index contributed by atoms with van der Waals surface area (Å²) in [4.78, 5) is 17.2. The first kappa shape index (κ1) is 16.5. The number of hydrogen-bond donors (Lipinski definition) is 1. The third-order valence-corrected chi connectivity index (χ3v) is 5.76. The van der Waals surface area contributed by atoms with Crippen LogP contribution in [0.15, 0.2) is 24.4 Å². The molecule has 2 aromatic heterocycles. The lowest BCUT2D eigenvalue weighted by Gasteiger charge is -2.17. The van der Waals surface area contributed by atoms with Gasteiger partial charge in [-0.15, -0.1) is 0 Å². The van der Waals surface area contributed by atoms with Crippen LogP contribution in [-0.4, -0.2) is 27.3 Å². The van der Waals surface area contributed by atoms with Crippen molar-refractivity contribution in [2.24, 2.45) is 13.0 Å². The van der Waals surface area contributed by atoms with E-state index in [2.05, 4.69) is 15.4 Å². The van der Waals surface area contributed by atoms with E-state index in [-0.39, 0.29) is 17.9 Å². The molecule has 4 rings (SSSR count). The van der Waals surface area contributed by atoms with E-state index >= 15 is 0 Å². The number of ether oxygens (including phenoxy) is 1. The van der Waals surface area contributed by atoms with Crippen LogP contribution in [0.5, 0.6) is 0 Å². The summed E-state index contributed by atoms with van der Waals surface area (Å²) in [5, 5.41) is 8.43. The third-order valence-electron chi connectivity index (χ3n) is 4.59. The van der Waals surface area contributed by atoms with Crippen LogP contribution in [0, 0.1) is 12.8 Å². The SMILES string of the molecule is Cc1c([C@H]2OCC[C@@H]2C(=O)Nc2nc3ccc(Cl)cc3s2)cnn1C. The molecule has 3 heterocycles. The Morgan fingerprint density at radius 3 is 3.08 bits per heavy atom. The molecule has 1 aliphatic rings. The molecule has 2 atom stereocenters. The highest BCUT2D eigenvalue weighted by Crippen LogP contribution is 2.37. The standard InChI is InChI=1S/C17H17ClN4O2S/c1-9-12(8-19-22(9)2)15-11(5-6-24-15)16(23)21-17-20-13-4-3-10(18)7-14(13)25-17/h3-4,7-8,11,15H,5-6H2,1-2H3,(H,20,21,23)/t11-,15-/m0/s1. The van der Waals surface area contributed by atoms with Gasteiger partial charge < -0.3 is 10.1 Å². The van der Waals surface area contributed by atoms with Crippen LogP contribution in [0.3, 0.4) is 0 Å². The number of aromatic nitrogens is 3. The second-order valence-electron chi connectivity index (χ2n) is 6.12. The summed E-state index contributed by atoms with van der Waals surface area (Å²) in [7, 11) is 1.88. The number of amides is 1. The quantitative estimate of drug-likeness (QED) is 0.756. The Kier molecular flexibility index (Phi) is 4.23. The number of fused-ring (bicyclic) bond motifs is 1. The Morgan fingerprint density at radius 2 is 2.32 bits per heavy atom. The van der Waals surface area contributed by atoms with E-state index < -0.39 is 0 Å². The fourth-order valence-corrected chi connectivity index (χ4v) is 4.25. The summed E-state index contributed by atoms with van der Waals surface area (Å²) in [6.45, 7) is 2.54. The van der Waals surface area contributed by atoms with Gasteiger partial charge in [-0.3, -0.25) is 9.48 Å². The van der Waals surface area contributed by atoms with Crippen molar-refractivity contribution in [1.82, 2.24) is 14.8 Å². The van der Waals surface area contributed by atoms with Gasteiger partial charge in [0.25, 0.3) is 0 Å². The van der Waals surface area contributed by atoms with Crippen molar-refractivity contribution in [1.29, 1.82) is 0 Å². The molecule has 1 amide bonds. The molecule has 1 aromatic carbocycles. The van der Waals surface area contributed by atoms with Gasteiger partial charge in [0.1, 0.15) is 0 Å². The van der Waals surface area contributed by atoms with E-state index in [1.807, 2.05) is 26.1 Å². The van der Waals surface area contributed by atoms with Gasteiger partial charge in [0, 0.05) is 29.9 Å². The van der Waals surface area contributed by atoms with Crippen molar-refractivity contribution in [3.8, 4) is 0 Å². The normalized spacial score (nSPS) is 20.3.